The molecule has 4 rings (SSSR count). The molecule has 12 heteroatoms. The third-order valence-electron chi connectivity index (χ3n) is 9.10. The smallest absolute Gasteiger partial charge is 0.339 e. The number of aliphatic hydroxyl groups is 2. The van der Waals surface area contributed by atoms with Crippen LogP contribution >= 0.6 is 0 Å². The van der Waals surface area contributed by atoms with E-state index in [2.05, 4.69) is 6.58 Å². The number of allylic oxidation sites excluding steroid dienone is 1. The molecule has 12 nitrogen and oxygen atoms in total. The molecule has 0 saturated heterocycles. The molecule has 2 N–H and O–H groups in total. The maximum Gasteiger partial charge on any atom is 0.339 e. The van der Waals surface area contributed by atoms with Crippen LogP contribution in [0, 0.1) is 17.3 Å². The molecule has 1 fully saturated rings. The highest BCUT2D eigenvalue weighted by Gasteiger charge is 2.70. The van der Waals surface area contributed by atoms with E-state index in [1.54, 1.807) is 36.4 Å². The summed E-state index contributed by atoms with van der Waals surface area (Å²) in [5.41, 5.74) is -6.23. The summed E-state index contributed by atoms with van der Waals surface area (Å²) in [5, 5.41) is 23.3. The molecule has 1 saturated carbocycles. The van der Waals surface area contributed by atoms with E-state index < -0.39 is 100 Å². The minimum Gasteiger partial charge on any atom is -0.459 e. The Morgan fingerprint density at radius 2 is 1.34 bits per heavy atom. The van der Waals surface area contributed by atoms with Crippen LogP contribution in [0.1, 0.15) is 68.7 Å². The molecule has 0 heterocycles. The molecule has 0 aliphatic heterocycles. The van der Waals surface area contributed by atoms with Crippen LogP contribution in [-0.4, -0.2) is 81.3 Å². The number of benzene rings is 2. The standard InChI is InChI=1S/C38H42O12/c1-21-18-19-36(5,6)32(43)28(41)30(49-35(45)26-16-12-9-13-17-26)22(2)29(48-34(44)25-14-10-8-11-15-25)27-33(47-23(3)39)37(7,46)20-38(27,31(21)42)50-24(4)40/h8-19,21,27,29-30,32-33,43,46H,2,20H2,1,3-7H3/t21-,27-,29-,30-,32+,33+,37+,38+/m0/s1. The number of carbonyl (C=O) groups is 6. The first-order chi connectivity index (χ1) is 23.3. The number of hydrogen-bond donors (Lipinski definition) is 2. The Balaban J connectivity index is 2.06. The van der Waals surface area contributed by atoms with Crippen LogP contribution in [0.25, 0.3) is 0 Å². The first-order valence-electron chi connectivity index (χ1n) is 16.1. The van der Waals surface area contributed by atoms with Gasteiger partial charge in [-0.25, -0.2) is 9.59 Å². The van der Waals surface area contributed by atoms with Crippen LogP contribution < -0.4 is 0 Å². The number of Topliss-reactive ketones (excluding diaryl/α,β-unsaturated/α-hetero) is 2. The van der Waals surface area contributed by atoms with E-state index in [-0.39, 0.29) is 11.1 Å². The summed E-state index contributed by atoms with van der Waals surface area (Å²) in [7, 11) is 0. The molecule has 2 aromatic rings. The van der Waals surface area contributed by atoms with Crippen molar-refractivity contribution < 1.29 is 57.9 Å². The van der Waals surface area contributed by atoms with E-state index in [0.717, 1.165) is 13.8 Å². The zero-order chi connectivity index (χ0) is 37.2. The van der Waals surface area contributed by atoms with E-state index >= 15 is 0 Å². The van der Waals surface area contributed by atoms with Gasteiger partial charge in [0.2, 0.25) is 5.78 Å². The number of hydrogen-bond acceptors (Lipinski definition) is 12. The molecule has 0 unspecified atom stereocenters. The van der Waals surface area contributed by atoms with Crippen molar-refractivity contribution in [3.63, 3.8) is 0 Å². The molecule has 0 radical (unpaired) electrons. The lowest BCUT2D eigenvalue weighted by Gasteiger charge is -2.42. The maximum absolute atomic E-state index is 14.7. The second-order valence-electron chi connectivity index (χ2n) is 13.6. The monoisotopic (exact) mass is 690 g/mol. The Morgan fingerprint density at radius 3 is 1.84 bits per heavy atom. The normalized spacial score (nSPS) is 31.0. The average Bonchev–Trinajstić information content (AvgIpc) is 3.28. The van der Waals surface area contributed by atoms with Gasteiger partial charge in [-0.1, -0.05) is 75.9 Å². The molecule has 2 aliphatic carbocycles. The van der Waals surface area contributed by atoms with Crippen LogP contribution in [0.15, 0.2) is 85.0 Å². The first-order valence-corrected chi connectivity index (χ1v) is 16.1. The van der Waals surface area contributed by atoms with Crippen molar-refractivity contribution in [2.24, 2.45) is 17.3 Å². The van der Waals surface area contributed by atoms with Gasteiger partial charge in [-0.2, -0.15) is 0 Å². The van der Waals surface area contributed by atoms with E-state index in [9.17, 15) is 39.0 Å². The van der Waals surface area contributed by atoms with E-state index in [4.69, 9.17) is 18.9 Å². The van der Waals surface area contributed by atoms with Gasteiger partial charge in [0.1, 0.15) is 23.9 Å². The number of aliphatic hydroxyl groups excluding tert-OH is 1. The molecule has 266 valence electrons. The number of esters is 4. The van der Waals surface area contributed by atoms with Crippen LogP contribution in [0.4, 0.5) is 0 Å². The average molecular weight is 691 g/mol. The number of ether oxygens (including phenoxy) is 4. The fourth-order valence-corrected chi connectivity index (χ4v) is 6.64. The molecular formula is C38H42O12. The van der Waals surface area contributed by atoms with Crippen LogP contribution in [0.3, 0.4) is 0 Å². The fourth-order valence-electron chi connectivity index (χ4n) is 6.64. The van der Waals surface area contributed by atoms with Crippen molar-refractivity contribution in [3.8, 4) is 0 Å². The predicted octanol–water partition coefficient (Wildman–Crippen LogP) is 3.73. The van der Waals surface area contributed by atoms with Crippen LogP contribution in [0.5, 0.6) is 0 Å². The van der Waals surface area contributed by atoms with Crippen molar-refractivity contribution in [2.45, 2.75) is 83.6 Å². The number of carbonyl (C=O) groups excluding carboxylic acids is 6. The molecule has 0 amide bonds. The van der Waals surface area contributed by atoms with E-state index in [0.29, 0.717) is 0 Å². The highest BCUT2D eigenvalue weighted by atomic mass is 16.6. The SMILES string of the molecule is C=C1[C@H](OC(=O)c2ccccc2)C(=O)[C@@H](O)C(C)(C)C=C[C@H](C)C(=O)[C@@]2(OC(C)=O)C[C@@](C)(O)[C@H](OC(C)=O)[C@@H]2[C@H]1OC(=O)c1ccccc1. The quantitative estimate of drug-likeness (QED) is 0.255. The van der Waals surface area contributed by atoms with Crippen molar-refractivity contribution in [3.05, 3.63) is 96.1 Å². The number of rotatable bonds is 6. The lowest BCUT2D eigenvalue weighted by molar-refractivity contribution is -0.182. The summed E-state index contributed by atoms with van der Waals surface area (Å²) < 4.78 is 23.2. The van der Waals surface area contributed by atoms with Gasteiger partial charge in [-0.05, 0) is 31.2 Å². The Kier molecular flexibility index (Phi) is 11.0. The minimum absolute atomic E-state index is 0.0197. The molecule has 0 aromatic heterocycles. The topological polar surface area (TPSA) is 180 Å². The zero-order valence-electron chi connectivity index (χ0n) is 28.8. The van der Waals surface area contributed by atoms with Gasteiger partial charge in [0.05, 0.1) is 17.0 Å². The van der Waals surface area contributed by atoms with Gasteiger partial charge in [0.15, 0.2) is 17.5 Å². The van der Waals surface area contributed by atoms with Gasteiger partial charge in [-0.15, -0.1) is 0 Å². The summed E-state index contributed by atoms with van der Waals surface area (Å²) in [6, 6.07) is 15.3. The summed E-state index contributed by atoms with van der Waals surface area (Å²) >= 11 is 0. The zero-order valence-corrected chi connectivity index (χ0v) is 28.8. The van der Waals surface area contributed by atoms with Crippen molar-refractivity contribution in [1.82, 2.24) is 0 Å². The molecule has 8 atom stereocenters. The Bertz CT molecular complexity index is 1690. The van der Waals surface area contributed by atoms with E-state index in [1.165, 1.54) is 64.1 Å². The van der Waals surface area contributed by atoms with Gasteiger partial charge < -0.3 is 29.2 Å². The number of ketones is 2. The van der Waals surface area contributed by atoms with Crippen LogP contribution in [0.2, 0.25) is 0 Å². The number of fused-ring (bicyclic) bond motifs is 1. The van der Waals surface area contributed by atoms with E-state index in [1.807, 2.05) is 0 Å². The van der Waals surface area contributed by atoms with Crippen molar-refractivity contribution >= 4 is 35.4 Å². The molecule has 0 spiro atoms. The third-order valence-corrected chi connectivity index (χ3v) is 9.10. The van der Waals surface area contributed by atoms with Gasteiger partial charge in [0, 0.05) is 37.2 Å². The van der Waals surface area contributed by atoms with Gasteiger partial charge >= 0.3 is 23.9 Å². The van der Waals surface area contributed by atoms with Crippen LogP contribution in [-0.2, 0) is 38.1 Å². The molecular weight excluding hydrogens is 648 g/mol. The lowest BCUT2D eigenvalue weighted by Crippen LogP contribution is -2.58. The minimum atomic E-state index is -2.36. The molecule has 0 bridgehead atoms. The highest BCUT2D eigenvalue weighted by Crippen LogP contribution is 2.52. The summed E-state index contributed by atoms with van der Waals surface area (Å²) in [6.07, 6.45) is -5.32. The largest absolute Gasteiger partial charge is 0.459 e. The first kappa shape index (κ1) is 37.9. The Hall–Kier alpha value is -4.94. The Labute approximate surface area is 290 Å². The van der Waals surface area contributed by atoms with Crippen molar-refractivity contribution in [2.75, 3.05) is 0 Å². The summed E-state index contributed by atoms with van der Waals surface area (Å²) in [5.74, 6) is -8.52. The third kappa shape index (κ3) is 7.61. The molecule has 2 aromatic carbocycles. The second-order valence-corrected chi connectivity index (χ2v) is 13.6. The lowest BCUT2D eigenvalue weighted by atomic mass is 9.72. The second kappa shape index (κ2) is 14.5. The Morgan fingerprint density at radius 1 is 0.820 bits per heavy atom. The van der Waals surface area contributed by atoms with Gasteiger partial charge in [0.25, 0.3) is 0 Å². The van der Waals surface area contributed by atoms with Gasteiger partial charge in [-0.3, -0.25) is 19.2 Å². The summed E-state index contributed by atoms with van der Waals surface area (Å²) in [6.45, 7) is 11.9. The maximum atomic E-state index is 14.7. The van der Waals surface area contributed by atoms with Crippen molar-refractivity contribution in [1.29, 1.82) is 0 Å². The predicted molar refractivity (Wildman–Crippen MR) is 177 cm³/mol. The highest BCUT2D eigenvalue weighted by molar-refractivity contribution is 5.97. The molecule has 50 heavy (non-hydrogen) atoms. The molecule has 2 aliphatic rings. The fraction of sp³-hybridized carbons (Fsp3) is 0.421. The summed E-state index contributed by atoms with van der Waals surface area (Å²) in [4.78, 5) is 81.6.